The van der Waals surface area contributed by atoms with Crippen molar-refractivity contribution in [2.45, 2.75) is 52.6 Å². The number of hydrogen-bond acceptors (Lipinski definition) is 3. The maximum atomic E-state index is 12.6. The van der Waals surface area contributed by atoms with Crippen molar-refractivity contribution in [2.24, 2.45) is 0 Å². The quantitative estimate of drug-likeness (QED) is 0.342. The number of nitrogens with zero attached hydrogens (tertiary/aromatic N) is 2. The highest BCUT2D eigenvalue weighted by atomic mass is 79.9. The first-order valence-electron chi connectivity index (χ1n) is 8.35. The van der Waals surface area contributed by atoms with Crippen LogP contribution in [0.2, 0.25) is 0 Å². The van der Waals surface area contributed by atoms with E-state index in [1.165, 1.54) is 0 Å². The molecule has 0 saturated carbocycles. The third-order valence-electron chi connectivity index (χ3n) is 3.79. The van der Waals surface area contributed by atoms with Crippen LogP contribution in [-0.2, 0) is 0 Å². The molecular formula is C20H24Br2N2O2. The van der Waals surface area contributed by atoms with Crippen LogP contribution in [0.5, 0.6) is 0 Å². The Labute approximate surface area is 172 Å². The summed E-state index contributed by atoms with van der Waals surface area (Å²) in [6.07, 6.45) is 0. The Balaban J connectivity index is 2.57. The van der Waals surface area contributed by atoms with Gasteiger partial charge in [0.1, 0.15) is 0 Å². The van der Waals surface area contributed by atoms with Gasteiger partial charge < -0.3 is 10.3 Å². The normalized spacial score (nSPS) is 12.2. The Hall–Kier alpha value is -1.24. The Morgan fingerprint density at radius 1 is 0.846 bits per heavy atom. The smallest absolute Gasteiger partial charge is 0.258 e. The molecule has 0 atom stereocenters. The topological polar surface area (TPSA) is 46.4 Å². The van der Waals surface area contributed by atoms with E-state index < -0.39 is 11.1 Å². The largest absolute Gasteiger partial charge is 0.758 e. The average Bonchev–Trinajstić information content (AvgIpc) is 2.50. The number of halogens is 2. The molecule has 2 rings (SSSR count). The Morgan fingerprint density at radius 3 is 1.85 bits per heavy atom. The molecule has 0 spiro atoms. The molecular weight excluding hydrogens is 460 g/mol. The van der Waals surface area contributed by atoms with Crippen LogP contribution in [-0.4, -0.2) is 15.8 Å². The van der Waals surface area contributed by atoms with Crippen LogP contribution < -0.4 is 5.06 Å². The summed E-state index contributed by atoms with van der Waals surface area (Å²) in [5.74, 6) is 0. The van der Waals surface area contributed by atoms with Gasteiger partial charge in [0.2, 0.25) is 5.54 Å². The monoisotopic (exact) mass is 482 g/mol. The molecule has 4 nitrogen and oxygen atoms in total. The lowest BCUT2D eigenvalue weighted by molar-refractivity contribution is -0.540. The van der Waals surface area contributed by atoms with Crippen molar-refractivity contribution in [3.05, 3.63) is 55.5 Å². The first-order valence-corrected chi connectivity index (χ1v) is 9.94. The highest BCUT2D eigenvalue weighted by Crippen LogP contribution is 2.35. The van der Waals surface area contributed by atoms with E-state index in [9.17, 15) is 10.1 Å². The summed E-state index contributed by atoms with van der Waals surface area (Å²) in [6.45, 7) is 11.2. The number of hydroxylamine groups is 1. The van der Waals surface area contributed by atoms with Crippen molar-refractivity contribution in [3.63, 3.8) is 0 Å². The van der Waals surface area contributed by atoms with E-state index in [0.717, 1.165) is 29.9 Å². The van der Waals surface area contributed by atoms with Crippen LogP contribution in [0.4, 0.5) is 11.4 Å². The Morgan fingerprint density at radius 2 is 1.35 bits per heavy atom. The summed E-state index contributed by atoms with van der Waals surface area (Å²) >= 11 is 6.99. The molecule has 2 aromatic carbocycles. The number of nitroso groups, excluding NO2 is 1. The minimum atomic E-state index is -0.543. The van der Waals surface area contributed by atoms with Crippen LogP contribution in [0.15, 0.2) is 45.3 Å². The molecule has 0 aromatic heterocycles. The zero-order valence-electron chi connectivity index (χ0n) is 15.9. The SMILES string of the molecule is CC(C)(C)N([O-])c1cc(Br)cc(-c2cc(Br)cc([N+](=O)C(C)(C)C)c2)c1. The van der Waals surface area contributed by atoms with E-state index in [1.807, 2.05) is 65.8 Å². The van der Waals surface area contributed by atoms with Crippen molar-refractivity contribution >= 4 is 43.2 Å². The first-order chi connectivity index (χ1) is 11.8. The number of hydrogen-bond donors (Lipinski definition) is 0. The average molecular weight is 484 g/mol. The summed E-state index contributed by atoms with van der Waals surface area (Å²) in [6, 6.07) is 11.2. The second-order valence-corrected chi connectivity index (χ2v) is 10.2. The van der Waals surface area contributed by atoms with Gasteiger partial charge in [-0.15, -0.1) is 0 Å². The molecule has 26 heavy (non-hydrogen) atoms. The van der Waals surface area contributed by atoms with Gasteiger partial charge >= 0.3 is 0 Å². The molecule has 0 aliphatic carbocycles. The van der Waals surface area contributed by atoms with Gasteiger partial charge in [0.15, 0.2) is 0 Å². The van der Waals surface area contributed by atoms with Gasteiger partial charge in [-0.25, -0.2) is 0 Å². The molecule has 0 saturated heterocycles. The fraction of sp³-hybridized carbons (Fsp3) is 0.400. The summed E-state index contributed by atoms with van der Waals surface area (Å²) in [5, 5.41) is 13.6. The van der Waals surface area contributed by atoms with E-state index in [1.54, 1.807) is 12.1 Å². The lowest BCUT2D eigenvalue weighted by Gasteiger charge is -2.43. The van der Waals surface area contributed by atoms with Crippen molar-refractivity contribution < 1.29 is 4.76 Å². The van der Waals surface area contributed by atoms with Crippen molar-refractivity contribution in [1.29, 1.82) is 0 Å². The van der Waals surface area contributed by atoms with E-state index in [0.29, 0.717) is 11.4 Å². The van der Waals surface area contributed by atoms with Crippen molar-refractivity contribution in [2.75, 3.05) is 5.06 Å². The minimum absolute atomic E-state index is 0.543. The number of rotatable bonds is 3. The van der Waals surface area contributed by atoms with Gasteiger partial charge in [0.05, 0.1) is 0 Å². The molecule has 6 heteroatoms. The molecule has 0 aliphatic heterocycles. The Bertz CT molecular complexity index is 837. The third-order valence-corrected chi connectivity index (χ3v) is 4.70. The molecule has 0 amide bonds. The van der Waals surface area contributed by atoms with Gasteiger partial charge in [-0.2, -0.15) is 0 Å². The zero-order chi connectivity index (χ0) is 19.9. The van der Waals surface area contributed by atoms with E-state index in [-0.39, 0.29) is 0 Å². The molecule has 0 unspecified atom stereocenters. The maximum Gasteiger partial charge on any atom is 0.258 e. The van der Waals surface area contributed by atoms with Crippen molar-refractivity contribution in [3.8, 4) is 11.1 Å². The third kappa shape index (κ3) is 4.93. The molecule has 0 N–H and O–H groups in total. The summed E-state index contributed by atoms with van der Waals surface area (Å²) in [7, 11) is 0. The lowest BCUT2D eigenvalue weighted by atomic mass is 10.0. The predicted octanol–water partition coefficient (Wildman–Crippen LogP) is 7.19. The van der Waals surface area contributed by atoms with Gasteiger partial charge in [-0.05, 0) is 56.2 Å². The standard InChI is InChI=1S/C20H24Br2N2O2/c1-19(2,3)23(25)17-9-13(7-15(21)11-17)14-8-16(22)12-18(10-14)24(26)20(4,5)6/h7-12H,1-6H3. The fourth-order valence-corrected chi connectivity index (χ4v) is 3.45. The van der Waals surface area contributed by atoms with Crippen LogP contribution >= 0.6 is 31.9 Å². The summed E-state index contributed by atoms with van der Waals surface area (Å²) in [5.41, 5.74) is 1.78. The molecule has 0 radical (unpaired) electrons. The Kier molecular flexibility index (Phi) is 6.00. The highest BCUT2D eigenvalue weighted by molar-refractivity contribution is 9.10. The number of benzene rings is 2. The molecule has 2 aromatic rings. The van der Waals surface area contributed by atoms with E-state index in [2.05, 4.69) is 31.9 Å². The van der Waals surface area contributed by atoms with E-state index in [4.69, 9.17) is 0 Å². The molecule has 140 valence electrons. The fourth-order valence-electron chi connectivity index (χ4n) is 2.49. The number of anilines is 1. The van der Waals surface area contributed by atoms with Crippen LogP contribution in [0.25, 0.3) is 11.1 Å². The van der Waals surface area contributed by atoms with Gasteiger partial charge in [0.25, 0.3) is 5.69 Å². The predicted molar refractivity (Wildman–Crippen MR) is 116 cm³/mol. The first kappa shape index (κ1) is 21.1. The van der Waals surface area contributed by atoms with Crippen LogP contribution in [0.1, 0.15) is 41.5 Å². The van der Waals surface area contributed by atoms with Gasteiger partial charge in [-0.1, -0.05) is 31.9 Å². The van der Waals surface area contributed by atoms with Gasteiger partial charge in [0, 0.05) is 62.7 Å². The maximum absolute atomic E-state index is 12.6. The van der Waals surface area contributed by atoms with Crippen molar-refractivity contribution in [1.82, 2.24) is 0 Å². The second-order valence-electron chi connectivity index (χ2n) is 8.33. The van der Waals surface area contributed by atoms with E-state index >= 15 is 0 Å². The minimum Gasteiger partial charge on any atom is -0.758 e. The molecule has 0 fully saturated rings. The highest BCUT2D eigenvalue weighted by Gasteiger charge is 2.31. The van der Waals surface area contributed by atoms with Crippen LogP contribution in [0, 0.1) is 10.1 Å². The van der Waals surface area contributed by atoms with Gasteiger partial charge in [-0.3, -0.25) is 0 Å². The van der Waals surface area contributed by atoms with Crippen LogP contribution in [0.3, 0.4) is 0 Å². The molecule has 0 bridgehead atoms. The lowest BCUT2D eigenvalue weighted by Crippen LogP contribution is -2.36. The summed E-state index contributed by atoms with van der Waals surface area (Å²) in [4.78, 5) is 12.6. The summed E-state index contributed by atoms with van der Waals surface area (Å²) < 4.78 is 2.62. The molecule has 0 heterocycles. The second kappa shape index (κ2) is 7.41. The zero-order valence-corrected chi connectivity index (χ0v) is 19.1. The molecule has 0 aliphatic rings.